The summed E-state index contributed by atoms with van der Waals surface area (Å²) in [4.78, 5) is 0. The van der Waals surface area contributed by atoms with Gasteiger partial charge >= 0.3 is 155 Å². The predicted octanol–water partition coefficient (Wildman–Crippen LogP) is 8.18. The topological polar surface area (TPSA) is 0 Å². The minimum atomic E-state index is -3.90. The zero-order chi connectivity index (χ0) is 18.1. The van der Waals surface area contributed by atoms with Crippen molar-refractivity contribution in [1.29, 1.82) is 0 Å². The Morgan fingerprint density at radius 2 is 0.696 bits per heavy atom. The van der Waals surface area contributed by atoms with Gasteiger partial charge in [-0.1, -0.05) is 0 Å². The van der Waals surface area contributed by atoms with Gasteiger partial charge in [0.2, 0.25) is 0 Å². The van der Waals surface area contributed by atoms with Gasteiger partial charge in [0.15, 0.2) is 0 Å². The average Bonchev–Trinajstić information content (AvgIpc) is 2.76. The van der Waals surface area contributed by atoms with Crippen LogP contribution in [0.1, 0.15) is 69.2 Å². The van der Waals surface area contributed by atoms with E-state index >= 15 is 0 Å². The Morgan fingerprint density at radius 3 is 0.870 bits per heavy atom. The Bertz CT molecular complexity index is 606. The Balaban J connectivity index is 2.80. The summed E-state index contributed by atoms with van der Waals surface area (Å²) in [5, 5.41) is 0. The summed E-state index contributed by atoms with van der Waals surface area (Å²) in [7, 11) is 15.0. The van der Waals surface area contributed by atoms with Crippen molar-refractivity contribution in [2.75, 3.05) is 0 Å². The molecule has 128 valence electrons. The van der Waals surface area contributed by atoms with Gasteiger partial charge in [-0.15, -0.1) is 0 Å². The first-order chi connectivity index (χ1) is 10.3. The van der Waals surface area contributed by atoms with Crippen LogP contribution in [0.5, 0.6) is 0 Å². The first kappa shape index (κ1) is 19.7. The second-order valence-corrected chi connectivity index (χ2v) is 30.0. The van der Waals surface area contributed by atoms with Crippen molar-refractivity contribution in [2.45, 2.75) is 75.6 Å². The van der Waals surface area contributed by atoms with Crippen molar-refractivity contribution in [1.82, 2.24) is 0 Å². The normalized spacial score (nSPS) is 24.5. The van der Waals surface area contributed by atoms with Crippen LogP contribution in [-0.2, 0) is 17.6 Å². The quantitative estimate of drug-likeness (QED) is 0.323. The Kier molecular flexibility index (Phi) is 4.90. The van der Waals surface area contributed by atoms with Crippen molar-refractivity contribution in [2.24, 2.45) is 0 Å². The average molecular weight is 520 g/mol. The van der Waals surface area contributed by atoms with E-state index in [0.717, 1.165) is 0 Å². The molecule has 0 heterocycles. The van der Waals surface area contributed by atoms with Gasteiger partial charge in [-0.2, -0.15) is 0 Å². The molecule has 0 N–H and O–H groups in total. The van der Waals surface area contributed by atoms with Gasteiger partial charge in [-0.05, 0) is 0 Å². The second-order valence-electron chi connectivity index (χ2n) is 7.82. The molecular weight excluding hydrogens is 490 g/mol. The molecule has 0 aromatic rings. The van der Waals surface area contributed by atoms with Crippen LogP contribution >= 0.6 is 17.2 Å². The number of halogens is 2. The van der Waals surface area contributed by atoms with E-state index in [1.54, 1.807) is 0 Å². The number of allylic oxidation sites excluding steroid dienone is 8. The van der Waals surface area contributed by atoms with E-state index in [9.17, 15) is 0 Å². The van der Waals surface area contributed by atoms with Crippen LogP contribution in [0.15, 0.2) is 44.6 Å². The van der Waals surface area contributed by atoms with Crippen LogP contribution in [0.2, 0.25) is 6.34 Å². The summed E-state index contributed by atoms with van der Waals surface area (Å²) in [5.41, 5.74) is 11.1. The molecule has 0 aromatic carbocycles. The van der Waals surface area contributed by atoms with Gasteiger partial charge < -0.3 is 0 Å². The minimum absolute atomic E-state index is 0.146. The number of hydrogen-bond donors (Lipinski definition) is 0. The Morgan fingerprint density at radius 1 is 0.522 bits per heavy atom. The van der Waals surface area contributed by atoms with Crippen LogP contribution in [0, 0.1) is 0 Å². The summed E-state index contributed by atoms with van der Waals surface area (Å²) < 4.78 is -0.293. The van der Waals surface area contributed by atoms with Crippen molar-refractivity contribution >= 4 is 17.2 Å². The van der Waals surface area contributed by atoms with E-state index in [4.69, 9.17) is 17.2 Å². The molecule has 3 heteroatoms. The summed E-state index contributed by atoms with van der Waals surface area (Å²) in [6.45, 7) is 22.5. The van der Waals surface area contributed by atoms with E-state index in [1.807, 2.05) is 0 Å². The third-order valence-electron chi connectivity index (χ3n) is 7.63. The summed E-state index contributed by atoms with van der Waals surface area (Å²) in [6.07, 6.45) is 0. The first-order valence-electron chi connectivity index (χ1n) is 8.38. The van der Waals surface area contributed by atoms with Crippen LogP contribution in [0.25, 0.3) is 0 Å². The maximum absolute atomic E-state index is 7.52. The van der Waals surface area contributed by atoms with Gasteiger partial charge in [-0.3, -0.25) is 0 Å². The van der Waals surface area contributed by atoms with E-state index < -0.39 is 17.6 Å². The van der Waals surface area contributed by atoms with Crippen molar-refractivity contribution in [3.05, 3.63) is 44.6 Å². The molecular formula is C20H30Cl2Hf. The van der Waals surface area contributed by atoms with E-state index in [0.29, 0.717) is 0 Å². The molecule has 0 nitrogen and oxygen atoms in total. The fraction of sp³-hybridized carbons (Fsp3) is 0.600. The first-order valence-corrected chi connectivity index (χ1v) is 20.9. The van der Waals surface area contributed by atoms with E-state index in [1.165, 1.54) is 44.6 Å². The maximum atomic E-state index is 7.52. The summed E-state index contributed by atoms with van der Waals surface area (Å²) in [5.74, 6) is 0. The molecule has 0 aliphatic heterocycles. The molecule has 0 bridgehead atoms. The summed E-state index contributed by atoms with van der Waals surface area (Å²) in [6, 6.07) is 0. The van der Waals surface area contributed by atoms with Gasteiger partial charge in [-0.25, -0.2) is 0 Å². The molecule has 0 aromatic heterocycles. The molecule has 0 radical (unpaired) electrons. The van der Waals surface area contributed by atoms with Gasteiger partial charge in [0.25, 0.3) is 0 Å². The van der Waals surface area contributed by atoms with Gasteiger partial charge in [0.1, 0.15) is 0 Å². The van der Waals surface area contributed by atoms with Crippen LogP contribution in [0.4, 0.5) is 0 Å². The third-order valence-corrected chi connectivity index (χ3v) is 34.4. The van der Waals surface area contributed by atoms with Crippen molar-refractivity contribution in [3.8, 4) is 0 Å². The molecule has 2 rings (SSSR count). The Labute approximate surface area is 154 Å². The Hall–Kier alpha value is 0.410. The molecule has 0 spiro atoms. The molecule has 0 unspecified atom stereocenters. The zero-order valence-electron chi connectivity index (χ0n) is 16.3. The monoisotopic (exact) mass is 520 g/mol. The molecule has 23 heavy (non-hydrogen) atoms. The van der Waals surface area contributed by atoms with Crippen LogP contribution in [-0.4, -0.2) is 0 Å². The molecule has 0 saturated heterocycles. The van der Waals surface area contributed by atoms with Crippen LogP contribution < -0.4 is 0 Å². The van der Waals surface area contributed by atoms with Gasteiger partial charge in [0.05, 0.1) is 0 Å². The molecule has 0 saturated carbocycles. The van der Waals surface area contributed by atoms with Gasteiger partial charge in [0, 0.05) is 0 Å². The van der Waals surface area contributed by atoms with E-state index in [-0.39, 0.29) is 6.34 Å². The zero-order valence-corrected chi connectivity index (χ0v) is 21.4. The molecule has 0 amide bonds. The van der Waals surface area contributed by atoms with Crippen molar-refractivity contribution in [3.63, 3.8) is 0 Å². The third kappa shape index (κ3) is 2.12. The SMILES string of the molecule is CC1=C(C)[C](C)([Hf]([Cl])([Cl])[C]2(C)C(C)=C(C)C(C)=C2C)C(C)=C1C. The summed E-state index contributed by atoms with van der Waals surface area (Å²) >= 11 is -3.90. The molecule has 0 atom stereocenters. The van der Waals surface area contributed by atoms with E-state index in [2.05, 4.69) is 69.2 Å². The number of rotatable bonds is 2. The molecule has 2 aliphatic rings. The second kappa shape index (κ2) is 5.71. The predicted molar refractivity (Wildman–Crippen MR) is 102 cm³/mol. The molecule has 2 aliphatic carbocycles. The molecule has 0 fully saturated rings. The van der Waals surface area contributed by atoms with Crippen LogP contribution in [0.3, 0.4) is 0 Å². The fourth-order valence-electron chi connectivity index (χ4n) is 4.63. The van der Waals surface area contributed by atoms with Crippen molar-refractivity contribution < 1.29 is 17.6 Å². The fourth-order valence-corrected chi connectivity index (χ4v) is 27.0. The number of hydrogen-bond acceptors (Lipinski definition) is 0. The standard InChI is InChI=1S/2C10H15.2ClH.Hf/c2*1-6-7(2)9(4)10(5)8(6)3;;;/h2*1-5H3;2*1H;/q;;;;+2/p-2.